The Balaban J connectivity index is 0.00000144. The van der Waals surface area contributed by atoms with E-state index in [2.05, 4.69) is 9.59 Å². The lowest BCUT2D eigenvalue weighted by molar-refractivity contribution is -0.00000357. The van der Waals surface area contributed by atoms with E-state index in [4.69, 9.17) is 11.1 Å². The molecule has 17 heavy (non-hydrogen) atoms. The second-order valence-electron chi connectivity index (χ2n) is 3.14. The molecule has 1 aromatic carbocycles. The van der Waals surface area contributed by atoms with Crippen molar-refractivity contribution in [3.8, 4) is 11.3 Å². The van der Waals surface area contributed by atoms with E-state index >= 15 is 0 Å². The molecular formula is C10H10BrN4S2-. The zero-order valence-corrected chi connectivity index (χ0v) is 12.0. The Hall–Kier alpha value is -0.920. The maximum Gasteiger partial charge on any atom is 0.151 e. The van der Waals surface area contributed by atoms with Gasteiger partial charge in [-0.15, -0.1) is 5.10 Å². The van der Waals surface area contributed by atoms with Crippen LogP contribution in [0.5, 0.6) is 0 Å². The van der Waals surface area contributed by atoms with Crippen molar-refractivity contribution in [1.82, 2.24) is 9.59 Å². The number of nitrogens with zero attached hydrogens (tertiary/aromatic N) is 2. The first kappa shape index (κ1) is 14.1. The minimum Gasteiger partial charge on any atom is -1.00 e. The number of benzene rings is 1. The van der Waals surface area contributed by atoms with Gasteiger partial charge in [-0.25, -0.2) is 0 Å². The molecule has 1 aromatic heterocycles. The Morgan fingerprint density at radius 3 is 2.59 bits per heavy atom. The Bertz CT molecular complexity index is 470. The highest BCUT2D eigenvalue weighted by Crippen LogP contribution is 2.19. The summed E-state index contributed by atoms with van der Waals surface area (Å²) >= 11 is 2.67. The van der Waals surface area contributed by atoms with Crippen LogP contribution in [0.25, 0.3) is 11.3 Å². The normalized spacial score (nSPS) is 9.65. The van der Waals surface area contributed by atoms with Crippen molar-refractivity contribution in [3.05, 3.63) is 35.2 Å². The third kappa shape index (κ3) is 4.10. The number of rotatable bonds is 3. The predicted octanol–water partition coefficient (Wildman–Crippen LogP) is -0.664. The molecule has 0 unspecified atom stereocenters. The maximum atomic E-state index is 7.12. The fourth-order valence-corrected chi connectivity index (χ4v) is 2.20. The average molecular weight is 330 g/mol. The average Bonchev–Trinajstić information content (AvgIpc) is 2.80. The number of nitrogens with two attached hydrogens (primary N) is 1. The van der Waals surface area contributed by atoms with Crippen LogP contribution in [0.1, 0.15) is 5.56 Å². The van der Waals surface area contributed by atoms with Crippen molar-refractivity contribution >= 4 is 28.5 Å². The number of halogens is 1. The van der Waals surface area contributed by atoms with Gasteiger partial charge in [-0.2, -0.15) is 0 Å². The highest BCUT2D eigenvalue weighted by Gasteiger charge is 2.01. The van der Waals surface area contributed by atoms with Crippen molar-refractivity contribution in [2.75, 3.05) is 0 Å². The van der Waals surface area contributed by atoms with Crippen molar-refractivity contribution < 1.29 is 17.0 Å². The van der Waals surface area contributed by atoms with Crippen molar-refractivity contribution in [3.63, 3.8) is 0 Å². The van der Waals surface area contributed by atoms with Crippen LogP contribution < -0.4 is 22.7 Å². The zero-order valence-electron chi connectivity index (χ0n) is 8.76. The van der Waals surface area contributed by atoms with E-state index < -0.39 is 0 Å². The molecule has 4 nitrogen and oxygen atoms in total. The van der Waals surface area contributed by atoms with Gasteiger partial charge in [0.1, 0.15) is 5.69 Å². The third-order valence-corrected chi connectivity index (χ3v) is 3.30. The molecule has 3 N–H and O–H groups in total. The van der Waals surface area contributed by atoms with Crippen LogP contribution in [-0.4, -0.2) is 14.8 Å². The Morgan fingerprint density at radius 2 is 2.06 bits per heavy atom. The Labute approximate surface area is 118 Å². The molecule has 2 aromatic rings. The number of hydrogen-bond acceptors (Lipinski definition) is 5. The molecule has 0 saturated heterocycles. The lowest BCUT2D eigenvalue weighted by Gasteiger charge is -2.01. The molecule has 0 aliphatic rings. The fourth-order valence-electron chi connectivity index (χ4n) is 1.22. The fraction of sp³-hybridized carbons (Fsp3) is 0.100. The van der Waals surface area contributed by atoms with Crippen LogP contribution in [0.15, 0.2) is 29.6 Å². The van der Waals surface area contributed by atoms with Gasteiger partial charge in [0.25, 0.3) is 0 Å². The molecule has 0 spiro atoms. The number of aromatic nitrogens is 2. The summed E-state index contributed by atoms with van der Waals surface area (Å²) in [5.74, 6) is 0.727. The molecule has 2 rings (SSSR count). The standard InChI is InChI=1S/C10H10N4S2.BrH/c11-10(12)15-5-7-1-3-8(4-2-7)9-6-16-14-13-9;/h1-4,6H,5H2,(H3,11,12);1H/p-1. The van der Waals surface area contributed by atoms with Gasteiger partial charge in [-0.1, -0.05) is 40.5 Å². The first-order valence-electron chi connectivity index (χ1n) is 4.59. The second-order valence-corrected chi connectivity index (χ2v) is 4.77. The molecule has 0 fully saturated rings. The summed E-state index contributed by atoms with van der Waals surface area (Å²) in [5.41, 5.74) is 8.38. The lowest BCUT2D eigenvalue weighted by atomic mass is 10.1. The number of amidine groups is 1. The molecule has 0 atom stereocenters. The van der Waals surface area contributed by atoms with Crippen LogP contribution >= 0.6 is 23.3 Å². The SMILES string of the molecule is N=C(N)SCc1ccc(-c2csnn2)cc1.[Br-]. The molecule has 7 heteroatoms. The minimum atomic E-state index is 0. The highest BCUT2D eigenvalue weighted by molar-refractivity contribution is 8.13. The van der Waals surface area contributed by atoms with Gasteiger partial charge in [0, 0.05) is 16.7 Å². The van der Waals surface area contributed by atoms with Crippen molar-refractivity contribution in [1.29, 1.82) is 5.41 Å². The highest BCUT2D eigenvalue weighted by atomic mass is 79.9. The maximum absolute atomic E-state index is 7.12. The van der Waals surface area contributed by atoms with Gasteiger partial charge in [0.15, 0.2) is 5.17 Å². The summed E-state index contributed by atoms with van der Waals surface area (Å²) in [6.07, 6.45) is 0. The zero-order chi connectivity index (χ0) is 11.4. The predicted molar refractivity (Wildman–Crippen MR) is 68.6 cm³/mol. The van der Waals surface area contributed by atoms with Crippen molar-refractivity contribution in [2.45, 2.75) is 5.75 Å². The van der Waals surface area contributed by atoms with Crippen LogP contribution in [0.4, 0.5) is 0 Å². The quantitative estimate of drug-likeness (QED) is 0.579. The third-order valence-electron chi connectivity index (χ3n) is 2.00. The second kappa shape index (κ2) is 6.73. The Kier molecular flexibility index (Phi) is 5.60. The molecule has 0 aliphatic heterocycles. The summed E-state index contributed by atoms with van der Waals surface area (Å²) in [4.78, 5) is 0. The number of nitrogens with one attached hydrogen (secondary N) is 1. The van der Waals surface area contributed by atoms with E-state index in [1.54, 1.807) is 0 Å². The summed E-state index contributed by atoms with van der Waals surface area (Å²) in [6.45, 7) is 0. The van der Waals surface area contributed by atoms with Gasteiger partial charge in [0.2, 0.25) is 0 Å². The van der Waals surface area contributed by atoms with Crippen LogP contribution in [-0.2, 0) is 5.75 Å². The molecular weight excluding hydrogens is 320 g/mol. The summed E-state index contributed by atoms with van der Waals surface area (Å²) in [7, 11) is 0. The topological polar surface area (TPSA) is 75.7 Å². The number of hydrogen-bond donors (Lipinski definition) is 2. The van der Waals surface area contributed by atoms with Crippen LogP contribution in [0.2, 0.25) is 0 Å². The molecule has 0 saturated carbocycles. The summed E-state index contributed by atoms with van der Waals surface area (Å²) in [6, 6.07) is 8.05. The van der Waals surface area contributed by atoms with E-state index in [9.17, 15) is 0 Å². The first-order chi connectivity index (χ1) is 7.75. The van der Waals surface area contributed by atoms with Gasteiger partial charge < -0.3 is 22.7 Å². The molecule has 1 heterocycles. The smallest absolute Gasteiger partial charge is 0.151 e. The minimum absolute atomic E-state index is 0. The van der Waals surface area contributed by atoms with Crippen molar-refractivity contribution in [2.24, 2.45) is 5.73 Å². The molecule has 0 radical (unpaired) electrons. The van der Waals surface area contributed by atoms with Crippen LogP contribution in [0.3, 0.4) is 0 Å². The Morgan fingerprint density at radius 1 is 1.35 bits per heavy atom. The van der Waals surface area contributed by atoms with E-state index in [1.807, 2.05) is 29.6 Å². The summed E-state index contributed by atoms with van der Waals surface area (Å²) < 4.78 is 3.82. The van der Waals surface area contributed by atoms with E-state index in [-0.39, 0.29) is 22.1 Å². The van der Waals surface area contributed by atoms with Crippen LogP contribution in [0, 0.1) is 5.41 Å². The monoisotopic (exact) mass is 329 g/mol. The van der Waals surface area contributed by atoms with E-state index in [0.717, 1.165) is 22.6 Å². The van der Waals surface area contributed by atoms with Gasteiger partial charge in [0.05, 0.1) is 0 Å². The van der Waals surface area contributed by atoms with Gasteiger partial charge >= 0.3 is 0 Å². The summed E-state index contributed by atoms with van der Waals surface area (Å²) in [5, 5.41) is 13.2. The number of thioether (sulfide) groups is 1. The van der Waals surface area contributed by atoms with E-state index in [0.29, 0.717) is 0 Å². The lowest BCUT2D eigenvalue weighted by Crippen LogP contribution is -3.00. The largest absolute Gasteiger partial charge is 1.00 e. The molecule has 90 valence electrons. The first-order valence-corrected chi connectivity index (χ1v) is 6.41. The van der Waals surface area contributed by atoms with Gasteiger partial charge in [-0.05, 0) is 17.1 Å². The molecule has 0 bridgehead atoms. The van der Waals surface area contributed by atoms with Gasteiger partial charge in [-0.3, -0.25) is 5.41 Å². The van der Waals surface area contributed by atoms with E-state index in [1.165, 1.54) is 23.3 Å². The molecule has 0 amide bonds. The molecule has 0 aliphatic carbocycles.